The third-order valence-corrected chi connectivity index (χ3v) is 3.50. The van der Waals surface area contributed by atoms with Crippen molar-refractivity contribution in [1.82, 2.24) is 10.5 Å². The Balaban J connectivity index is 1.73. The number of nitro groups is 1. The highest BCUT2D eigenvalue weighted by Crippen LogP contribution is 2.25. The molecule has 1 amide bonds. The quantitative estimate of drug-likeness (QED) is 0.665. The second-order valence-electron chi connectivity index (χ2n) is 5.03. The normalized spacial score (nSPS) is 18.3. The number of H-pyrrole nitrogens is 1. The molecular formula is C14H15N3O5. The number of para-hydroxylation sites is 1. The maximum atomic E-state index is 12.0. The van der Waals surface area contributed by atoms with E-state index in [2.05, 4.69) is 10.5 Å². The SMILES string of the molecule is O=C(NO[C@@H]1CCCCO1)c1cc2cccc([N+](=O)[O-])c2[nH]1. The van der Waals surface area contributed by atoms with Crippen molar-refractivity contribution in [1.29, 1.82) is 0 Å². The fourth-order valence-corrected chi connectivity index (χ4v) is 2.39. The van der Waals surface area contributed by atoms with Crippen LogP contribution in [0.5, 0.6) is 0 Å². The van der Waals surface area contributed by atoms with E-state index in [4.69, 9.17) is 9.57 Å². The second kappa shape index (κ2) is 6.12. The number of non-ortho nitro benzene ring substituents is 1. The zero-order chi connectivity index (χ0) is 15.5. The summed E-state index contributed by atoms with van der Waals surface area (Å²) in [5.74, 6) is -0.500. The molecule has 2 heterocycles. The number of nitro benzene ring substituents is 1. The summed E-state index contributed by atoms with van der Waals surface area (Å²) < 4.78 is 5.34. The molecule has 1 aliphatic rings. The van der Waals surface area contributed by atoms with E-state index in [1.165, 1.54) is 6.07 Å². The molecular weight excluding hydrogens is 290 g/mol. The number of amides is 1. The first-order chi connectivity index (χ1) is 10.6. The van der Waals surface area contributed by atoms with Crippen LogP contribution in [0.25, 0.3) is 10.9 Å². The Kier molecular flexibility index (Phi) is 4.03. The molecule has 22 heavy (non-hydrogen) atoms. The zero-order valence-electron chi connectivity index (χ0n) is 11.7. The lowest BCUT2D eigenvalue weighted by molar-refractivity contribution is -0.383. The van der Waals surface area contributed by atoms with Crippen LogP contribution in [-0.2, 0) is 9.57 Å². The highest BCUT2D eigenvalue weighted by Gasteiger charge is 2.19. The van der Waals surface area contributed by atoms with Crippen molar-refractivity contribution in [2.45, 2.75) is 25.6 Å². The Labute approximate surface area is 125 Å². The lowest BCUT2D eigenvalue weighted by Gasteiger charge is -2.21. The molecule has 0 bridgehead atoms. The number of carbonyl (C=O) groups is 1. The predicted molar refractivity (Wildman–Crippen MR) is 77.1 cm³/mol. The Morgan fingerprint density at radius 1 is 1.45 bits per heavy atom. The van der Waals surface area contributed by atoms with Gasteiger partial charge in [0.15, 0.2) is 6.29 Å². The van der Waals surface area contributed by atoms with Crippen molar-refractivity contribution in [3.8, 4) is 0 Å². The molecule has 0 radical (unpaired) electrons. The summed E-state index contributed by atoms with van der Waals surface area (Å²) in [6, 6.07) is 6.19. The van der Waals surface area contributed by atoms with Crippen LogP contribution in [0.15, 0.2) is 24.3 Å². The van der Waals surface area contributed by atoms with Crippen LogP contribution in [0.4, 0.5) is 5.69 Å². The predicted octanol–water partition coefficient (Wildman–Crippen LogP) is 2.26. The Morgan fingerprint density at radius 2 is 2.32 bits per heavy atom. The number of rotatable bonds is 4. The molecule has 1 aliphatic heterocycles. The molecule has 0 saturated carbocycles. The van der Waals surface area contributed by atoms with Crippen molar-refractivity contribution in [2.24, 2.45) is 0 Å². The van der Waals surface area contributed by atoms with E-state index in [9.17, 15) is 14.9 Å². The van der Waals surface area contributed by atoms with Crippen LogP contribution in [-0.4, -0.2) is 28.7 Å². The van der Waals surface area contributed by atoms with E-state index in [1.807, 2.05) is 0 Å². The van der Waals surface area contributed by atoms with Crippen molar-refractivity contribution < 1.29 is 19.3 Å². The largest absolute Gasteiger partial charge is 0.350 e. The summed E-state index contributed by atoms with van der Waals surface area (Å²) >= 11 is 0. The van der Waals surface area contributed by atoms with Gasteiger partial charge < -0.3 is 9.72 Å². The van der Waals surface area contributed by atoms with Crippen molar-refractivity contribution in [3.05, 3.63) is 40.1 Å². The molecule has 2 aromatic rings. The summed E-state index contributed by atoms with van der Waals surface area (Å²) in [7, 11) is 0. The number of aromatic nitrogens is 1. The molecule has 1 aromatic heterocycles. The Morgan fingerprint density at radius 3 is 3.05 bits per heavy atom. The maximum Gasteiger partial charge on any atom is 0.293 e. The molecule has 0 aliphatic carbocycles. The minimum absolute atomic E-state index is 0.0758. The Bertz CT molecular complexity index is 706. The molecule has 1 fully saturated rings. The lowest BCUT2D eigenvalue weighted by atomic mass is 10.2. The van der Waals surface area contributed by atoms with Gasteiger partial charge in [0.1, 0.15) is 11.2 Å². The number of carbonyl (C=O) groups excluding carboxylic acids is 1. The van der Waals surface area contributed by atoms with Crippen LogP contribution < -0.4 is 5.48 Å². The van der Waals surface area contributed by atoms with Gasteiger partial charge in [-0.25, -0.2) is 10.3 Å². The first-order valence-corrected chi connectivity index (χ1v) is 6.99. The van der Waals surface area contributed by atoms with Crippen molar-refractivity contribution >= 4 is 22.5 Å². The molecule has 8 heteroatoms. The maximum absolute atomic E-state index is 12.0. The molecule has 0 unspecified atom stereocenters. The molecule has 2 N–H and O–H groups in total. The number of ether oxygens (including phenoxy) is 1. The molecule has 1 atom stereocenters. The molecule has 116 valence electrons. The first-order valence-electron chi connectivity index (χ1n) is 6.99. The monoisotopic (exact) mass is 305 g/mol. The number of nitrogens with zero attached hydrogens (tertiary/aromatic N) is 1. The topological polar surface area (TPSA) is 106 Å². The van der Waals surface area contributed by atoms with Gasteiger partial charge in [-0.2, -0.15) is 0 Å². The van der Waals surface area contributed by atoms with Crippen LogP contribution in [0.1, 0.15) is 29.8 Å². The third kappa shape index (κ3) is 2.92. The van der Waals surface area contributed by atoms with Crippen LogP contribution >= 0.6 is 0 Å². The molecule has 1 saturated heterocycles. The van der Waals surface area contributed by atoms with Crippen LogP contribution in [0, 0.1) is 10.1 Å². The number of nitrogens with one attached hydrogen (secondary N) is 2. The highest BCUT2D eigenvalue weighted by molar-refractivity contribution is 5.99. The number of benzene rings is 1. The fraction of sp³-hybridized carbons (Fsp3) is 0.357. The molecule has 3 rings (SSSR count). The van der Waals surface area contributed by atoms with E-state index in [0.29, 0.717) is 17.5 Å². The number of hydrogen-bond donors (Lipinski definition) is 2. The van der Waals surface area contributed by atoms with E-state index in [-0.39, 0.29) is 11.4 Å². The number of fused-ring (bicyclic) bond motifs is 1. The van der Waals surface area contributed by atoms with Gasteiger partial charge in [0.05, 0.1) is 4.92 Å². The molecule has 0 spiro atoms. The average Bonchev–Trinajstić information content (AvgIpc) is 2.97. The van der Waals surface area contributed by atoms with E-state index < -0.39 is 17.1 Å². The second-order valence-corrected chi connectivity index (χ2v) is 5.03. The summed E-state index contributed by atoms with van der Waals surface area (Å²) in [5, 5.41) is 11.6. The van der Waals surface area contributed by atoms with Gasteiger partial charge in [-0.05, 0) is 18.9 Å². The molecule has 1 aromatic carbocycles. The van der Waals surface area contributed by atoms with Gasteiger partial charge in [0, 0.05) is 24.5 Å². The van der Waals surface area contributed by atoms with Gasteiger partial charge in [0.25, 0.3) is 11.6 Å². The van der Waals surface area contributed by atoms with Gasteiger partial charge >= 0.3 is 0 Å². The van der Waals surface area contributed by atoms with Gasteiger partial charge in [-0.3, -0.25) is 14.9 Å². The summed E-state index contributed by atoms with van der Waals surface area (Å²) in [5.41, 5.74) is 2.74. The standard InChI is InChI=1S/C14H15N3O5/c18-14(16-22-12-6-1-2-7-21-12)10-8-9-4-3-5-11(17(19)20)13(9)15-10/h3-5,8,12,15H,1-2,6-7H2,(H,16,18)/t12-/m1/s1. The smallest absolute Gasteiger partial charge is 0.293 e. The van der Waals surface area contributed by atoms with Crippen molar-refractivity contribution in [3.63, 3.8) is 0 Å². The Hall–Kier alpha value is -2.45. The summed E-state index contributed by atoms with van der Waals surface area (Å²) in [6.07, 6.45) is 2.24. The fourth-order valence-electron chi connectivity index (χ4n) is 2.39. The van der Waals surface area contributed by atoms with Crippen LogP contribution in [0.2, 0.25) is 0 Å². The lowest BCUT2D eigenvalue weighted by Crippen LogP contribution is -2.33. The van der Waals surface area contributed by atoms with Gasteiger partial charge in [-0.1, -0.05) is 12.1 Å². The van der Waals surface area contributed by atoms with Crippen molar-refractivity contribution in [2.75, 3.05) is 6.61 Å². The van der Waals surface area contributed by atoms with Gasteiger partial charge in [0.2, 0.25) is 0 Å². The van der Waals surface area contributed by atoms with Gasteiger partial charge in [-0.15, -0.1) is 0 Å². The summed E-state index contributed by atoms with van der Waals surface area (Å²) in [6.45, 7) is 0.610. The minimum Gasteiger partial charge on any atom is -0.350 e. The summed E-state index contributed by atoms with van der Waals surface area (Å²) in [4.78, 5) is 30.5. The minimum atomic E-state index is -0.500. The van der Waals surface area contributed by atoms with E-state index in [0.717, 1.165) is 19.3 Å². The van der Waals surface area contributed by atoms with Crippen LogP contribution in [0.3, 0.4) is 0 Å². The van der Waals surface area contributed by atoms with E-state index >= 15 is 0 Å². The first kappa shape index (κ1) is 14.5. The number of hydroxylamine groups is 1. The molecule has 8 nitrogen and oxygen atoms in total. The number of hydrogen-bond acceptors (Lipinski definition) is 5. The zero-order valence-corrected chi connectivity index (χ0v) is 11.7. The highest BCUT2D eigenvalue weighted by atomic mass is 16.8. The van der Waals surface area contributed by atoms with E-state index in [1.54, 1.807) is 18.2 Å². The number of aromatic amines is 1. The third-order valence-electron chi connectivity index (χ3n) is 3.50. The average molecular weight is 305 g/mol.